The van der Waals surface area contributed by atoms with Crippen molar-refractivity contribution in [2.24, 2.45) is 5.14 Å². The lowest BCUT2D eigenvalue weighted by atomic mass is 10.3. The summed E-state index contributed by atoms with van der Waals surface area (Å²) in [5.41, 5.74) is -1.23. The van der Waals surface area contributed by atoms with Crippen molar-refractivity contribution in [2.75, 3.05) is 12.3 Å². The van der Waals surface area contributed by atoms with Crippen LogP contribution in [0.2, 0.25) is 0 Å². The van der Waals surface area contributed by atoms with E-state index in [1.54, 1.807) is 4.72 Å². The number of hydrogen-bond donors (Lipinski definition) is 2. The molecule has 118 valence electrons. The minimum atomic E-state index is -4.60. The maximum Gasteiger partial charge on any atom is 0.306 e. The summed E-state index contributed by atoms with van der Waals surface area (Å²) in [5, 5.41) is 15.1. The number of rotatable bonds is 6. The van der Waals surface area contributed by atoms with Gasteiger partial charge in [0.2, 0.25) is 25.9 Å². The van der Waals surface area contributed by atoms with Crippen LogP contribution in [0.15, 0.2) is 17.0 Å². The fraction of sp³-hybridized carbons (Fsp3) is 0.250. The predicted octanol–water partition coefficient (Wildman–Crippen LogP) is -0.560. The van der Waals surface area contributed by atoms with Gasteiger partial charge in [0.15, 0.2) is 0 Å². The molecule has 0 aromatic heterocycles. The molecule has 0 saturated heterocycles. The molecular formula is C8H9F2N3O6S2. The van der Waals surface area contributed by atoms with Gasteiger partial charge in [0.05, 0.1) is 10.7 Å². The molecule has 0 unspecified atom stereocenters. The van der Waals surface area contributed by atoms with Gasteiger partial charge in [-0.15, -0.1) is 0 Å². The number of nitrogens with one attached hydrogen (secondary N) is 1. The van der Waals surface area contributed by atoms with Gasteiger partial charge < -0.3 is 0 Å². The molecule has 0 aliphatic rings. The molecule has 13 heteroatoms. The highest BCUT2D eigenvalue weighted by Gasteiger charge is 2.26. The third-order valence-corrected chi connectivity index (χ3v) is 4.42. The van der Waals surface area contributed by atoms with E-state index in [4.69, 9.17) is 0 Å². The van der Waals surface area contributed by atoms with Gasteiger partial charge in [0.25, 0.3) is 0 Å². The molecule has 0 aliphatic heterocycles. The van der Waals surface area contributed by atoms with Crippen LogP contribution in [-0.2, 0) is 20.0 Å². The molecule has 1 aromatic rings. The topological polar surface area (TPSA) is 149 Å². The summed E-state index contributed by atoms with van der Waals surface area (Å²) in [6.45, 7) is -0.675. The Kier molecular flexibility index (Phi) is 4.93. The van der Waals surface area contributed by atoms with Gasteiger partial charge in [-0.2, -0.15) is 4.39 Å². The molecular weight excluding hydrogens is 336 g/mol. The number of benzene rings is 1. The SMILES string of the molecule is NS(=O)(=O)CCNS(=O)(=O)c1cc([N+](=O)[O-])c(F)cc1F. The van der Waals surface area contributed by atoms with Crippen LogP contribution in [0.4, 0.5) is 14.5 Å². The van der Waals surface area contributed by atoms with Crippen molar-refractivity contribution in [3.05, 3.63) is 33.9 Å². The highest BCUT2D eigenvalue weighted by molar-refractivity contribution is 7.90. The normalized spacial score (nSPS) is 12.3. The van der Waals surface area contributed by atoms with Gasteiger partial charge in [-0.25, -0.2) is 31.1 Å². The molecule has 9 nitrogen and oxygen atoms in total. The van der Waals surface area contributed by atoms with Crippen molar-refractivity contribution in [1.82, 2.24) is 4.72 Å². The van der Waals surface area contributed by atoms with E-state index in [9.17, 15) is 35.7 Å². The lowest BCUT2D eigenvalue weighted by Gasteiger charge is -2.07. The van der Waals surface area contributed by atoms with E-state index in [-0.39, 0.29) is 12.1 Å². The van der Waals surface area contributed by atoms with Crippen LogP contribution in [0, 0.1) is 21.7 Å². The monoisotopic (exact) mass is 345 g/mol. The number of hydrogen-bond acceptors (Lipinski definition) is 6. The zero-order chi connectivity index (χ0) is 16.4. The van der Waals surface area contributed by atoms with E-state index in [0.29, 0.717) is 0 Å². The average molecular weight is 345 g/mol. The molecule has 0 aliphatic carbocycles. The molecule has 0 bridgehead atoms. The summed E-state index contributed by atoms with van der Waals surface area (Å²) < 4.78 is 72.9. The second kappa shape index (κ2) is 5.97. The van der Waals surface area contributed by atoms with Crippen molar-refractivity contribution < 1.29 is 30.5 Å². The molecule has 0 heterocycles. The lowest BCUT2D eigenvalue weighted by Crippen LogP contribution is -2.32. The first kappa shape index (κ1) is 17.4. The zero-order valence-corrected chi connectivity index (χ0v) is 11.7. The second-order valence-electron chi connectivity index (χ2n) is 3.76. The van der Waals surface area contributed by atoms with Gasteiger partial charge in [-0.05, 0) is 0 Å². The Hall–Kier alpha value is -1.70. The maximum absolute atomic E-state index is 13.4. The number of primary sulfonamides is 1. The molecule has 1 aromatic carbocycles. The van der Waals surface area contributed by atoms with Crippen LogP contribution >= 0.6 is 0 Å². The van der Waals surface area contributed by atoms with Crippen LogP contribution in [0.3, 0.4) is 0 Å². The lowest BCUT2D eigenvalue weighted by molar-refractivity contribution is -0.387. The van der Waals surface area contributed by atoms with Crippen molar-refractivity contribution in [3.8, 4) is 0 Å². The Balaban J connectivity index is 3.14. The summed E-state index contributed by atoms with van der Waals surface area (Å²) in [6, 6.07) is 0.246. The number of nitro groups is 1. The minimum absolute atomic E-state index is 0.0480. The fourth-order valence-corrected chi connectivity index (χ4v) is 2.88. The third-order valence-electron chi connectivity index (χ3n) is 2.17. The van der Waals surface area contributed by atoms with Crippen molar-refractivity contribution >= 4 is 25.7 Å². The molecule has 0 saturated carbocycles. The number of sulfonamides is 2. The molecule has 1 rings (SSSR count). The van der Waals surface area contributed by atoms with E-state index >= 15 is 0 Å². The van der Waals surface area contributed by atoms with Gasteiger partial charge in [-0.3, -0.25) is 10.1 Å². The number of nitrogens with zero attached hydrogens (tertiary/aromatic N) is 1. The van der Waals surface area contributed by atoms with Gasteiger partial charge in [0, 0.05) is 18.7 Å². The van der Waals surface area contributed by atoms with E-state index < -0.39 is 59.5 Å². The molecule has 0 atom stereocenters. The molecule has 21 heavy (non-hydrogen) atoms. The van der Waals surface area contributed by atoms with E-state index in [0.717, 1.165) is 0 Å². The van der Waals surface area contributed by atoms with Crippen LogP contribution in [0.25, 0.3) is 0 Å². The Morgan fingerprint density at radius 3 is 2.24 bits per heavy atom. The van der Waals surface area contributed by atoms with Gasteiger partial charge in [0.1, 0.15) is 10.7 Å². The predicted molar refractivity (Wildman–Crippen MR) is 66.2 cm³/mol. The Morgan fingerprint density at radius 1 is 1.19 bits per heavy atom. The second-order valence-corrected chi connectivity index (χ2v) is 7.23. The van der Waals surface area contributed by atoms with E-state index in [2.05, 4.69) is 5.14 Å². The summed E-state index contributed by atoms with van der Waals surface area (Å²) >= 11 is 0. The van der Waals surface area contributed by atoms with Crippen molar-refractivity contribution in [3.63, 3.8) is 0 Å². The molecule has 0 amide bonds. The smallest absolute Gasteiger partial charge is 0.258 e. The summed E-state index contributed by atoms with van der Waals surface area (Å²) in [6.07, 6.45) is 0. The largest absolute Gasteiger partial charge is 0.306 e. The quantitative estimate of drug-likeness (QED) is 0.521. The fourth-order valence-electron chi connectivity index (χ4n) is 1.26. The first-order chi connectivity index (χ1) is 9.44. The summed E-state index contributed by atoms with van der Waals surface area (Å²) in [5.74, 6) is -3.86. The molecule has 0 fully saturated rings. The van der Waals surface area contributed by atoms with Crippen LogP contribution in [-0.4, -0.2) is 34.1 Å². The van der Waals surface area contributed by atoms with Crippen LogP contribution in [0.5, 0.6) is 0 Å². The van der Waals surface area contributed by atoms with Crippen LogP contribution < -0.4 is 9.86 Å². The third kappa shape index (κ3) is 4.66. The Morgan fingerprint density at radius 2 is 1.76 bits per heavy atom. The van der Waals surface area contributed by atoms with Crippen molar-refractivity contribution in [1.29, 1.82) is 0 Å². The zero-order valence-electron chi connectivity index (χ0n) is 10.1. The van der Waals surface area contributed by atoms with E-state index in [1.165, 1.54) is 0 Å². The first-order valence-corrected chi connectivity index (χ1v) is 8.27. The summed E-state index contributed by atoms with van der Waals surface area (Å²) in [7, 11) is -8.56. The Bertz CT molecular complexity index is 777. The minimum Gasteiger partial charge on any atom is -0.258 e. The molecule has 0 radical (unpaired) electrons. The molecule has 0 spiro atoms. The van der Waals surface area contributed by atoms with Crippen molar-refractivity contribution in [2.45, 2.75) is 4.90 Å². The highest BCUT2D eigenvalue weighted by Crippen LogP contribution is 2.24. The number of nitro benzene ring substituents is 1. The Labute approximate surface area is 118 Å². The van der Waals surface area contributed by atoms with Crippen LogP contribution in [0.1, 0.15) is 0 Å². The highest BCUT2D eigenvalue weighted by atomic mass is 32.2. The average Bonchev–Trinajstić information content (AvgIpc) is 2.25. The van der Waals surface area contributed by atoms with E-state index in [1.807, 2.05) is 0 Å². The summed E-state index contributed by atoms with van der Waals surface area (Å²) in [4.78, 5) is 8.09. The standard InChI is InChI=1S/C8H9F2N3O6S2/c9-5-3-6(10)8(4-7(5)13(14)15)21(18,19)12-1-2-20(11,16)17/h3-4,12H,1-2H2,(H2,11,16,17). The maximum atomic E-state index is 13.4. The van der Waals surface area contributed by atoms with Gasteiger partial charge in [-0.1, -0.05) is 0 Å². The first-order valence-electron chi connectivity index (χ1n) is 5.07. The number of halogens is 2. The molecule has 3 N–H and O–H groups in total. The van der Waals surface area contributed by atoms with Gasteiger partial charge >= 0.3 is 5.69 Å². The number of nitrogens with two attached hydrogens (primary N) is 1.